The summed E-state index contributed by atoms with van der Waals surface area (Å²) in [6, 6.07) is 6.13. The van der Waals surface area contributed by atoms with Gasteiger partial charge in [-0.05, 0) is 38.0 Å². The molecule has 0 fully saturated rings. The van der Waals surface area contributed by atoms with Crippen molar-refractivity contribution in [2.24, 2.45) is 0 Å². The molecule has 0 aliphatic heterocycles. The molecule has 0 atom stereocenters. The molecule has 0 saturated heterocycles. The van der Waals surface area contributed by atoms with Gasteiger partial charge in [0, 0.05) is 5.69 Å². The van der Waals surface area contributed by atoms with Gasteiger partial charge in [-0.15, -0.1) is 0 Å². The van der Waals surface area contributed by atoms with Crippen molar-refractivity contribution in [2.75, 3.05) is 0 Å². The highest BCUT2D eigenvalue weighted by Gasteiger charge is 1.88. The molecular formula is C14H21N. The van der Waals surface area contributed by atoms with Crippen molar-refractivity contribution >= 4 is 6.08 Å². The van der Waals surface area contributed by atoms with Crippen LogP contribution in [0.25, 0.3) is 6.08 Å². The van der Waals surface area contributed by atoms with E-state index in [2.05, 4.69) is 36.2 Å². The van der Waals surface area contributed by atoms with Crippen LogP contribution in [0.15, 0.2) is 24.3 Å². The average molecular weight is 203 g/mol. The van der Waals surface area contributed by atoms with Gasteiger partial charge in [-0.3, -0.25) is 4.98 Å². The summed E-state index contributed by atoms with van der Waals surface area (Å²) >= 11 is 0. The largest absolute Gasteiger partial charge is 0.254 e. The molecular weight excluding hydrogens is 182 g/mol. The average Bonchev–Trinajstić information content (AvgIpc) is 2.23. The molecule has 1 nitrogen and oxygen atoms in total. The Labute approximate surface area is 93.2 Å². The third-order valence-electron chi connectivity index (χ3n) is 2.42. The Balaban J connectivity index is 2.26. The number of allylic oxidation sites excluding steroid dienone is 1. The Morgan fingerprint density at radius 3 is 2.80 bits per heavy atom. The Hall–Kier alpha value is -1.11. The van der Waals surface area contributed by atoms with Crippen molar-refractivity contribution in [1.29, 1.82) is 0 Å². The van der Waals surface area contributed by atoms with Crippen LogP contribution in [0.2, 0.25) is 0 Å². The molecule has 0 radical (unpaired) electrons. The Kier molecular flexibility index (Phi) is 5.76. The monoisotopic (exact) mass is 203 g/mol. The maximum absolute atomic E-state index is 4.42. The van der Waals surface area contributed by atoms with Gasteiger partial charge in [-0.1, -0.05) is 38.3 Å². The first-order valence-corrected chi connectivity index (χ1v) is 5.93. The van der Waals surface area contributed by atoms with Crippen LogP contribution in [0.3, 0.4) is 0 Å². The standard InChI is InChI=1S/C14H21N/c1-3-4-5-6-7-8-11-14-12-9-10-13(2)15-14/h8-12H,3-7H2,1-2H3/b11-8-. The van der Waals surface area contributed by atoms with Gasteiger partial charge in [0.25, 0.3) is 0 Å². The van der Waals surface area contributed by atoms with Crippen LogP contribution in [0.1, 0.15) is 50.4 Å². The van der Waals surface area contributed by atoms with Crippen molar-refractivity contribution in [3.05, 3.63) is 35.7 Å². The lowest BCUT2D eigenvalue weighted by atomic mass is 10.1. The predicted octanol–water partition coefficient (Wildman–Crippen LogP) is 4.37. The molecule has 1 heteroatoms. The molecule has 15 heavy (non-hydrogen) atoms. The van der Waals surface area contributed by atoms with Crippen LogP contribution in [-0.4, -0.2) is 4.98 Å². The molecule has 0 spiro atoms. The van der Waals surface area contributed by atoms with E-state index in [0.717, 1.165) is 11.4 Å². The number of pyridine rings is 1. The lowest BCUT2D eigenvalue weighted by molar-refractivity contribution is 0.675. The first kappa shape index (κ1) is 12.0. The van der Waals surface area contributed by atoms with Gasteiger partial charge in [-0.2, -0.15) is 0 Å². The second kappa shape index (κ2) is 7.22. The summed E-state index contributed by atoms with van der Waals surface area (Å²) in [4.78, 5) is 4.42. The van der Waals surface area contributed by atoms with E-state index in [0.29, 0.717) is 0 Å². The minimum atomic E-state index is 1.07. The predicted molar refractivity (Wildman–Crippen MR) is 66.8 cm³/mol. The highest BCUT2D eigenvalue weighted by Crippen LogP contribution is 2.05. The van der Waals surface area contributed by atoms with Crippen LogP contribution in [-0.2, 0) is 0 Å². The normalized spacial score (nSPS) is 11.1. The maximum atomic E-state index is 4.42. The van der Waals surface area contributed by atoms with Gasteiger partial charge in [-0.25, -0.2) is 0 Å². The Morgan fingerprint density at radius 2 is 2.07 bits per heavy atom. The molecule has 1 aromatic heterocycles. The van der Waals surface area contributed by atoms with E-state index >= 15 is 0 Å². The minimum Gasteiger partial charge on any atom is -0.254 e. The molecule has 0 bridgehead atoms. The first-order chi connectivity index (χ1) is 7.33. The van der Waals surface area contributed by atoms with Crippen molar-refractivity contribution in [3.63, 3.8) is 0 Å². The van der Waals surface area contributed by atoms with Crippen molar-refractivity contribution in [1.82, 2.24) is 4.98 Å². The molecule has 1 rings (SSSR count). The SMILES string of the molecule is CCCCCC/C=C\c1cccc(C)n1. The molecule has 0 unspecified atom stereocenters. The molecule has 0 N–H and O–H groups in total. The molecule has 0 amide bonds. The Morgan fingerprint density at radius 1 is 1.20 bits per heavy atom. The van der Waals surface area contributed by atoms with E-state index in [4.69, 9.17) is 0 Å². The third kappa shape index (κ3) is 5.36. The smallest absolute Gasteiger partial charge is 0.0629 e. The van der Waals surface area contributed by atoms with Crippen LogP contribution < -0.4 is 0 Å². The number of hydrogen-bond acceptors (Lipinski definition) is 1. The summed E-state index contributed by atoms with van der Waals surface area (Å²) in [6.07, 6.45) is 10.9. The molecule has 1 heterocycles. The topological polar surface area (TPSA) is 12.9 Å². The zero-order valence-corrected chi connectivity index (χ0v) is 9.87. The fraction of sp³-hybridized carbons (Fsp3) is 0.500. The molecule has 0 saturated carbocycles. The van der Waals surface area contributed by atoms with Crippen molar-refractivity contribution < 1.29 is 0 Å². The number of hydrogen-bond donors (Lipinski definition) is 0. The fourth-order valence-corrected chi connectivity index (χ4v) is 1.55. The Bertz CT molecular complexity index is 302. The summed E-state index contributed by atoms with van der Waals surface area (Å²) in [5, 5.41) is 0. The molecule has 82 valence electrons. The highest BCUT2D eigenvalue weighted by molar-refractivity contribution is 5.44. The second-order valence-corrected chi connectivity index (χ2v) is 3.96. The lowest BCUT2D eigenvalue weighted by Crippen LogP contribution is -1.83. The zero-order chi connectivity index (χ0) is 10.9. The van der Waals surface area contributed by atoms with Gasteiger partial charge in [0.05, 0.1) is 5.69 Å². The first-order valence-electron chi connectivity index (χ1n) is 5.93. The third-order valence-corrected chi connectivity index (χ3v) is 2.42. The van der Waals surface area contributed by atoms with Gasteiger partial charge in [0.15, 0.2) is 0 Å². The quantitative estimate of drug-likeness (QED) is 0.625. The van der Waals surface area contributed by atoms with Crippen LogP contribution >= 0.6 is 0 Å². The molecule has 0 aromatic carbocycles. The van der Waals surface area contributed by atoms with Gasteiger partial charge in [0.2, 0.25) is 0 Å². The summed E-state index contributed by atoms with van der Waals surface area (Å²) in [6.45, 7) is 4.27. The van der Waals surface area contributed by atoms with Gasteiger partial charge in [0.1, 0.15) is 0 Å². The lowest BCUT2D eigenvalue weighted by Gasteiger charge is -1.96. The zero-order valence-electron chi connectivity index (χ0n) is 9.87. The summed E-state index contributed by atoms with van der Waals surface area (Å²) in [7, 11) is 0. The number of aromatic nitrogens is 1. The fourth-order valence-electron chi connectivity index (χ4n) is 1.55. The van der Waals surface area contributed by atoms with Crippen molar-refractivity contribution in [3.8, 4) is 0 Å². The van der Waals surface area contributed by atoms with E-state index in [9.17, 15) is 0 Å². The number of unbranched alkanes of at least 4 members (excludes halogenated alkanes) is 4. The summed E-state index contributed by atoms with van der Waals surface area (Å²) in [5.74, 6) is 0. The molecule has 0 aliphatic carbocycles. The van der Waals surface area contributed by atoms with E-state index < -0.39 is 0 Å². The molecule has 1 aromatic rings. The summed E-state index contributed by atoms with van der Waals surface area (Å²) < 4.78 is 0. The number of nitrogens with zero attached hydrogens (tertiary/aromatic N) is 1. The van der Waals surface area contributed by atoms with Crippen LogP contribution in [0, 0.1) is 6.92 Å². The van der Waals surface area contributed by atoms with Crippen LogP contribution in [0.4, 0.5) is 0 Å². The second-order valence-electron chi connectivity index (χ2n) is 3.96. The minimum absolute atomic E-state index is 1.07. The van der Waals surface area contributed by atoms with Gasteiger partial charge >= 0.3 is 0 Å². The van der Waals surface area contributed by atoms with E-state index in [1.54, 1.807) is 0 Å². The van der Waals surface area contributed by atoms with Crippen LogP contribution in [0.5, 0.6) is 0 Å². The van der Waals surface area contributed by atoms with E-state index in [1.807, 2.05) is 13.0 Å². The number of aryl methyl sites for hydroxylation is 1. The van der Waals surface area contributed by atoms with E-state index in [-0.39, 0.29) is 0 Å². The van der Waals surface area contributed by atoms with E-state index in [1.165, 1.54) is 32.1 Å². The molecule has 0 aliphatic rings. The number of rotatable bonds is 6. The van der Waals surface area contributed by atoms with Crippen molar-refractivity contribution in [2.45, 2.75) is 46.0 Å². The summed E-state index contributed by atoms with van der Waals surface area (Å²) in [5.41, 5.74) is 2.16. The maximum Gasteiger partial charge on any atom is 0.0629 e. The van der Waals surface area contributed by atoms with Gasteiger partial charge < -0.3 is 0 Å². The highest BCUT2D eigenvalue weighted by atomic mass is 14.7.